The Morgan fingerprint density at radius 3 is 2.36 bits per heavy atom. The molecule has 1 aromatic heterocycles. The molecule has 0 aromatic carbocycles. The fourth-order valence-electron chi connectivity index (χ4n) is 8.05. The Balaban J connectivity index is 1.63. The summed E-state index contributed by atoms with van der Waals surface area (Å²) in [6, 6.07) is 1.72. The molecule has 248 valence electrons. The van der Waals surface area contributed by atoms with Crippen LogP contribution in [0.25, 0.3) is 0 Å². The fraction of sp³-hybridized carbons (Fsp3) is 0.667. The molecule has 2 heterocycles. The van der Waals surface area contributed by atoms with Crippen LogP contribution in [-0.4, -0.2) is 109 Å². The first kappa shape index (κ1) is 33.4. The number of carboxylic acid groups (broad SMARTS) is 1. The molecule has 0 radical (unpaired) electrons. The van der Waals surface area contributed by atoms with Gasteiger partial charge in [0.15, 0.2) is 11.9 Å². The highest BCUT2D eigenvalue weighted by molar-refractivity contribution is 7.10. The Hall–Kier alpha value is -2.92. The van der Waals surface area contributed by atoms with Crippen LogP contribution >= 0.6 is 11.3 Å². The standard InChI is InChI=1S/C30H39NO13S/c1-12-14(44-25(37)21(35)19(31-26(38)39)15-7-6-8-45-15)10-30(41)24(43-13(2)32)22-28(5,16(33)9-17-29(22,40)11-42-17)23(36)20(34)18(12)27(30,3)4/h6-8,14,16-17,19-22,24,31,33-35,40-41H,9-11H2,1-5H3,(H,38,39)/t14-,16-,17+,19-,20+,21+,22-,24-,28+,29-,30+/m0/s1. The molecule has 1 amide bonds. The third-order valence-corrected chi connectivity index (χ3v) is 11.6. The van der Waals surface area contributed by atoms with Crippen LogP contribution in [0.3, 0.4) is 0 Å². The molecular weight excluding hydrogens is 614 g/mol. The maximum atomic E-state index is 14.3. The molecule has 14 nitrogen and oxygen atoms in total. The van der Waals surface area contributed by atoms with Gasteiger partial charge in [0.05, 0.1) is 24.2 Å². The van der Waals surface area contributed by atoms with E-state index in [1.54, 1.807) is 11.4 Å². The van der Waals surface area contributed by atoms with Crippen LogP contribution in [0.2, 0.25) is 0 Å². The van der Waals surface area contributed by atoms with Crippen LogP contribution in [0.15, 0.2) is 28.7 Å². The highest BCUT2D eigenvalue weighted by Crippen LogP contribution is 2.63. The minimum atomic E-state index is -2.24. The molecule has 1 aliphatic heterocycles. The molecule has 3 aliphatic carbocycles. The summed E-state index contributed by atoms with van der Waals surface area (Å²) in [5, 5.41) is 71.7. The van der Waals surface area contributed by atoms with E-state index >= 15 is 0 Å². The summed E-state index contributed by atoms with van der Waals surface area (Å²) >= 11 is 1.09. The zero-order chi connectivity index (χ0) is 33.4. The lowest BCUT2D eigenvalue weighted by atomic mass is 9.45. The first-order chi connectivity index (χ1) is 20.8. The molecule has 0 spiro atoms. The molecule has 0 unspecified atom stereocenters. The molecular formula is C30H39NO13S. The van der Waals surface area contributed by atoms with Crippen molar-refractivity contribution in [1.29, 1.82) is 0 Å². The lowest BCUT2D eigenvalue weighted by Crippen LogP contribution is -2.81. The fourth-order valence-corrected chi connectivity index (χ4v) is 8.86. The molecule has 1 saturated heterocycles. The number of aliphatic hydroxyl groups is 5. The summed E-state index contributed by atoms with van der Waals surface area (Å²) < 4.78 is 17.0. The maximum absolute atomic E-state index is 14.3. The molecule has 7 N–H and O–H groups in total. The smallest absolute Gasteiger partial charge is 0.405 e. The van der Waals surface area contributed by atoms with E-state index in [0.717, 1.165) is 18.3 Å². The van der Waals surface area contributed by atoms with E-state index in [2.05, 4.69) is 5.32 Å². The average molecular weight is 654 g/mol. The number of nitrogens with one attached hydrogen (secondary N) is 1. The molecule has 1 aromatic rings. The van der Waals surface area contributed by atoms with E-state index < -0.39 is 101 Å². The van der Waals surface area contributed by atoms with Gasteiger partial charge in [-0.1, -0.05) is 19.9 Å². The lowest BCUT2D eigenvalue weighted by molar-refractivity contribution is -0.345. The van der Waals surface area contributed by atoms with Gasteiger partial charge in [0.25, 0.3) is 0 Å². The summed E-state index contributed by atoms with van der Waals surface area (Å²) in [7, 11) is 0. The normalized spacial score (nSPS) is 40.0. The summed E-state index contributed by atoms with van der Waals surface area (Å²) in [6.07, 6.45) is -11.6. The number of fused-ring (bicyclic) bond motifs is 5. The van der Waals surface area contributed by atoms with Crippen LogP contribution < -0.4 is 5.32 Å². The van der Waals surface area contributed by atoms with Crippen LogP contribution in [0, 0.1) is 16.7 Å². The SMILES string of the molecule is CC(=O)O[C@H]1[C@@H]2[C@]3(O)CO[C@@H]3C[C@H](O)[C@@]2(C)C(=O)[C@H](O)C2=C(C)[C@@H](OC(=O)[C@H](O)[C@@H](NC(=O)O)c3cccs3)C[C@]1(O)C2(C)C. The van der Waals surface area contributed by atoms with Crippen molar-refractivity contribution in [1.82, 2.24) is 5.32 Å². The number of ketones is 1. The Morgan fingerprint density at radius 1 is 1.16 bits per heavy atom. The van der Waals surface area contributed by atoms with Gasteiger partial charge in [-0.2, -0.15) is 0 Å². The number of thiophene rings is 1. The van der Waals surface area contributed by atoms with E-state index in [0.29, 0.717) is 4.88 Å². The van der Waals surface area contributed by atoms with Crippen LogP contribution in [0.1, 0.15) is 58.4 Å². The number of esters is 2. The zero-order valence-electron chi connectivity index (χ0n) is 25.4. The van der Waals surface area contributed by atoms with Gasteiger partial charge in [-0.15, -0.1) is 11.3 Å². The maximum Gasteiger partial charge on any atom is 0.405 e. The van der Waals surface area contributed by atoms with Gasteiger partial charge in [-0.25, -0.2) is 9.59 Å². The number of hydrogen-bond donors (Lipinski definition) is 7. The lowest BCUT2D eigenvalue weighted by Gasteiger charge is -2.66. The van der Waals surface area contributed by atoms with Crippen molar-refractivity contribution in [3.05, 3.63) is 33.5 Å². The molecule has 45 heavy (non-hydrogen) atoms. The number of carbonyl (C=O) groups is 4. The highest BCUT2D eigenvalue weighted by Gasteiger charge is 2.76. The number of ether oxygens (including phenoxy) is 3. The minimum absolute atomic E-state index is 0.0463. The van der Waals surface area contributed by atoms with Gasteiger partial charge in [0.2, 0.25) is 0 Å². The molecule has 2 saturated carbocycles. The van der Waals surface area contributed by atoms with Gasteiger partial charge < -0.3 is 50.2 Å². The third-order valence-electron chi connectivity index (χ3n) is 10.6. The van der Waals surface area contributed by atoms with Gasteiger partial charge in [0.1, 0.15) is 35.6 Å². The topological polar surface area (TPSA) is 229 Å². The molecule has 3 fully saturated rings. The summed E-state index contributed by atoms with van der Waals surface area (Å²) in [5.41, 5.74) is -7.42. The molecule has 2 bridgehead atoms. The third kappa shape index (κ3) is 4.82. The number of hydrogen-bond acceptors (Lipinski definition) is 13. The number of rotatable bonds is 6. The first-order valence-corrected chi connectivity index (χ1v) is 15.5. The van der Waals surface area contributed by atoms with Crippen molar-refractivity contribution in [3.63, 3.8) is 0 Å². The van der Waals surface area contributed by atoms with Crippen molar-refractivity contribution in [2.45, 2.75) is 101 Å². The Labute approximate surface area is 262 Å². The molecule has 15 heteroatoms. The second kappa shape index (κ2) is 11.1. The number of carbonyl (C=O) groups excluding carboxylic acids is 3. The Kier molecular flexibility index (Phi) is 8.25. The number of Topliss-reactive ketones (excluding diaryl/α,β-unsaturated/α-hetero) is 1. The van der Waals surface area contributed by atoms with E-state index in [9.17, 15) is 49.8 Å². The average Bonchev–Trinajstić information content (AvgIpc) is 3.48. The van der Waals surface area contributed by atoms with E-state index in [1.807, 2.05) is 0 Å². The number of aliphatic hydroxyl groups excluding tert-OH is 3. The van der Waals surface area contributed by atoms with Crippen molar-refractivity contribution in [3.8, 4) is 0 Å². The van der Waals surface area contributed by atoms with Crippen molar-refractivity contribution in [2.75, 3.05) is 6.61 Å². The summed E-state index contributed by atoms with van der Waals surface area (Å²) in [4.78, 5) is 52.1. The quantitative estimate of drug-likeness (QED) is 0.161. The van der Waals surface area contributed by atoms with Gasteiger partial charge >= 0.3 is 18.0 Å². The highest BCUT2D eigenvalue weighted by atomic mass is 32.1. The largest absolute Gasteiger partial charge is 0.465 e. The monoisotopic (exact) mass is 653 g/mol. The first-order valence-electron chi connectivity index (χ1n) is 14.6. The van der Waals surface area contributed by atoms with Crippen LogP contribution in [0.5, 0.6) is 0 Å². The van der Waals surface area contributed by atoms with Crippen molar-refractivity contribution in [2.24, 2.45) is 16.7 Å². The van der Waals surface area contributed by atoms with Crippen LogP contribution in [-0.2, 0) is 28.6 Å². The second-order valence-electron chi connectivity index (χ2n) is 13.3. The second-order valence-corrected chi connectivity index (χ2v) is 14.2. The van der Waals surface area contributed by atoms with Gasteiger partial charge in [-0.3, -0.25) is 9.59 Å². The molecule has 5 rings (SSSR count). The Morgan fingerprint density at radius 2 is 1.82 bits per heavy atom. The Bertz CT molecular complexity index is 1430. The zero-order valence-corrected chi connectivity index (χ0v) is 26.2. The summed E-state index contributed by atoms with van der Waals surface area (Å²) in [6.45, 7) is 6.67. The van der Waals surface area contributed by atoms with Gasteiger partial charge in [-0.05, 0) is 36.4 Å². The van der Waals surface area contributed by atoms with Crippen molar-refractivity contribution < 1.29 is 64.0 Å². The van der Waals surface area contributed by atoms with Crippen LogP contribution in [0.4, 0.5) is 4.79 Å². The molecule has 4 aliphatic rings. The summed E-state index contributed by atoms with van der Waals surface area (Å²) in [5.74, 6) is -4.49. The van der Waals surface area contributed by atoms with E-state index in [-0.39, 0.29) is 24.2 Å². The molecule has 11 atom stereocenters. The van der Waals surface area contributed by atoms with E-state index in [4.69, 9.17) is 14.2 Å². The van der Waals surface area contributed by atoms with Crippen molar-refractivity contribution >= 4 is 35.2 Å². The van der Waals surface area contributed by atoms with E-state index in [1.165, 1.54) is 33.8 Å². The van der Waals surface area contributed by atoms with Gasteiger partial charge in [0, 0.05) is 36.0 Å². The predicted octanol–water partition coefficient (Wildman–Crippen LogP) is 0.199. The number of amides is 1. The minimum Gasteiger partial charge on any atom is -0.465 e. The predicted molar refractivity (Wildman–Crippen MR) is 154 cm³/mol.